The van der Waals surface area contributed by atoms with Crippen molar-refractivity contribution in [2.45, 2.75) is 63.2 Å². The van der Waals surface area contributed by atoms with Gasteiger partial charge in [0.1, 0.15) is 18.1 Å². The molecule has 0 saturated carbocycles. The minimum atomic E-state index is -1.49. The summed E-state index contributed by atoms with van der Waals surface area (Å²) < 4.78 is 0. The smallest absolute Gasteiger partial charge is 0.326 e. The first-order valence-electron chi connectivity index (χ1n) is 10.2. The maximum Gasteiger partial charge on any atom is 0.326 e. The molecule has 1 aromatic rings. The van der Waals surface area contributed by atoms with Crippen LogP contribution in [0.4, 0.5) is 0 Å². The first-order valence-corrected chi connectivity index (χ1v) is 10.2. The quantitative estimate of drug-likeness (QED) is 0.130. The number of carboxylic acids is 3. The molecule has 1 rings (SSSR count). The molecule has 4 unspecified atom stereocenters. The minimum absolute atomic E-state index is 0.0742. The molecule has 0 aliphatic rings. The van der Waals surface area contributed by atoms with E-state index in [1.165, 1.54) is 19.4 Å². The number of imidazole rings is 1. The fraction of sp³-hybridized carbons (Fsp3) is 0.526. The molecule has 0 radical (unpaired) electrons. The molecular weight excluding hydrogens is 456 g/mol. The number of H-pyrrole nitrogens is 1. The largest absolute Gasteiger partial charge is 0.481 e. The SMILES string of the molecule is CC(NC(=O)C(CCC(=O)O)NC(=O)C(N)Cc1cnc[nH]1)C(=O)NC(CCC(=O)O)C(=O)O. The van der Waals surface area contributed by atoms with Crippen LogP contribution in [0.25, 0.3) is 0 Å². The Kier molecular flexibility index (Phi) is 11.1. The molecule has 0 aliphatic carbocycles. The van der Waals surface area contributed by atoms with E-state index in [1.807, 2.05) is 0 Å². The molecule has 4 atom stereocenters. The van der Waals surface area contributed by atoms with E-state index in [0.717, 1.165) is 0 Å². The third kappa shape index (κ3) is 10.1. The van der Waals surface area contributed by atoms with Crippen molar-refractivity contribution in [1.29, 1.82) is 0 Å². The van der Waals surface area contributed by atoms with Crippen LogP contribution in [0.2, 0.25) is 0 Å². The maximum absolute atomic E-state index is 12.6. The number of nitrogens with two attached hydrogens (primary N) is 1. The molecule has 188 valence electrons. The number of carbonyl (C=O) groups excluding carboxylic acids is 3. The zero-order valence-corrected chi connectivity index (χ0v) is 18.3. The van der Waals surface area contributed by atoms with Crippen LogP contribution in [0.5, 0.6) is 0 Å². The van der Waals surface area contributed by atoms with E-state index in [-0.39, 0.29) is 19.3 Å². The number of aliphatic carboxylic acids is 3. The molecule has 3 amide bonds. The van der Waals surface area contributed by atoms with Gasteiger partial charge in [0.2, 0.25) is 17.7 Å². The molecule has 0 fully saturated rings. The van der Waals surface area contributed by atoms with Gasteiger partial charge in [0.05, 0.1) is 12.4 Å². The van der Waals surface area contributed by atoms with Gasteiger partial charge in [-0.1, -0.05) is 0 Å². The molecule has 0 bridgehead atoms. The Bertz CT molecular complexity index is 889. The average molecular weight is 484 g/mol. The van der Waals surface area contributed by atoms with Crippen LogP contribution in [0.3, 0.4) is 0 Å². The molecule has 0 spiro atoms. The van der Waals surface area contributed by atoms with Crippen molar-refractivity contribution in [3.8, 4) is 0 Å². The fourth-order valence-corrected chi connectivity index (χ4v) is 2.74. The van der Waals surface area contributed by atoms with Crippen molar-refractivity contribution < 1.29 is 44.1 Å². The molecule has 0 saturated heterocycles. The lowest BCUT2D eigenvalue weighted by atomic mass is 10.1. The Morgan fingerprint density at radius 3 is 1.97 bits per heavy atom. The fourth-order valence-electron chi connectivity index (χ4n) is 2.74. The first kappa shape index (κ1) is 28.0. The standard InChI is InChI=1S/C19H28N6O9/c1-9(16(30)25-13(19(33)34)3-5-15(28)29)23-18(32)12(2-4-14(26)27)24-17(31)11(20)6-10-7-21-8-22-10/h7-9,11-13H,2-6,20H2,1H3,(H,21,22)(H,23,32)(H,24,31)(H,25,30)(H,26,27)(H,28,29)(H,33,34). The van der Waals surface area contributed by atoms with Gasteiger partial charge in [0.25, 0.3) is 0 Å². The number of hydrogen-bond acceptors (Lipinski definition) is 8. The summed E-state index contributed by atoms with van der Waals surface area (Å²) in [5.74, 6) is -6.46. The van der Waals surface area contributed by atoms with E-state index in [2.05, 4.69) is 25.9 Å². The lowest BCUT2D eigenvalue weighted by molar-refractivity contribution is -0.143. The third-order valence-corrected chi connectivity index (χ3v) is 4.62. The van der Waals surface area contributed by atoms with Crippen LogP contribution < -0.4 is 21.7 Å². The number of aromatic amines is 1. The van der Waals surface area contributed by atoms with Gasteiger partial charge in [-0.2, -0.15) is 0 Å². The van der Waals surface area contributed by atoms with Crippen molar-refractivity contribution in [3.05, 3.63) is 18.2 Å². The number of carbonyl (C=O) groups is 6. The average Bonchev–Trinajstić information content (AvgIpc) is 3.25. The van der Waals surface area contributed by atoms with Gasteiger partial charge in [0, 0.05) is 31.2 Å². The molecule has 15 nitrogen and oxygen atoms in total. The summed E-state index contributed by atoms with van der Waals surface area (Å²) in [6.07, 6.45) is 1.29. The van der Waals surface area contributed by atoms with Gasteiger partial charge in [-0.05, 0) is 19.8 Å². The summed E-state index contributed by atoms with van der Waals surface area (Å²) in [6, 6.07) is -5.19. The van der Waals surface area contributed by atoms with Crippen LogP contribution in [-0.4, -0.2) is 85.1 Å². The normalized spacial score (nSPS) is 14.2. The maximum atomic E-state index is 12.6. The first-order chi connectivity index (χ1) is 15.9. The molecule has 15 heteroatoms. The Morgan fingerprint density at radius 1 is 0.912 bits per heavy atom. The van der Waals surface area contributed by atoms with E-state index in [4.69, 9.17) is 21.1 Å². The van der Waals surface area contributed by atoms with Crippen molar-refractivity contribution in [2.24, 2.45) is 5.73 Å². The number of carboxylic acid groups (broad SMARTS) is 3. The van der Waals surface area contributed by atoms with Gasteiger partial charge in [-0.25, -0.2) is 9.78 Å². The number of rotatable bonds is 15. The Labute approximate surface area is 193 Å². The summed E-state index contributed by atoms with van der Waals surface area (Å²) in [6.45, 7) is 1.24. The number of nitrogens with zero attached hydrogens (tertiary/aromatic N) is 1. The number of amides is 3. The minimum Gasteiger partial charge on any atom is -0.481 e. The van der Waals surface area contributed by atoms with Crippen LogP contribution in [0.1, 0.15) is 38.3 Å². The highest BCUT2D eigenvalue weighted by Gasteiger charge is 2.29. The summed E-state index contributed by atoms with van der Waals surface area (Å²) >= 11 is 0. The topological polar surface area (TPSA) is 254 Å². The van der Waals surface area contributed by atoms with Gasteiger partial charge in [0.15, 0.2) is 0 Å². The molecule has 0 aliphatic heterocycles. The Balaban J connectivity index is 2.77. The Hall–Kier alpha value is -4.01. The second kappa shape index (κ2) is 13.5. The molecule has 34 heavy (non-hydrogen) atoms. The number of aromatic nitrogens is 2. The van der Waals surface area contributed by atoms with Crippen LogP contribution in [0, 0.1) is 0 Å². The molecule has 9 N–H and O–H groups in total. The van der Waals surface area contributed by atoms with E-state index >= 15 is 0 Å². The second-order valence-electron chi connectivity index (χ2n) is 7.44. The van der Waals surface area contributed by atoms with Crippen LogP contribution >= 0.6 is 0 Å². The predicted molar refractivity (Wildman–Crippen MR) is 113 cm³/mol. The zero-order valence-electron chi connectivity index (χ0n) is 18.3. The lowest BCUT2D eigenvalue weighted by Crippen LogP contribution is -2.56. The van der Waals surface area contributed by atoms with E-state index in [0.29, 0.717) is 5.69 Å². The summed E-state index contributed by atoms with van der Waals surface area (Å²) in [4.78, 5) is 76.7. The lowest BCUT2D eigenvalue weighted by Gasteiger charge is -2.23. The van der Waals surface area contributed by atoms with E-state index < -0.39 is 72.6 Å². The van der Waals surface area contributed by atoms with Gasteiger partial charge >= 0.3 is 17.9 Å². The summed E-state index contributed by atoms with van der Waals surface area (Å²) in [7, 11) is 0. The number of nitrogens with one attached hydrogen (secondary N) is 4. The molecule has 1 heterocycles. The third-order valence-electron chi connectivity index (χ3n) is 4.62. The molecule has 1 aromatic heterocycles. The van der Waals surface area contributed by atoms with Crippen molar-refractivity contribution in [3.63, 3.8) is 0 Å². The van der Waals surface area contributed by atoms with Gasteiger partial charge in [-0.15, -0.1) is 0 Å². The summed E-state index contributed by atoms with van der Waals surface area (Å²) in [5, 5.41) is 33.5. The van der Waals surface area contributed by atoms with E-state index in [9.17, 15) is 28.8 Å². The summed E-state index contributed by atoms with van der Waals surface area (Å²) in [5.41, 5.74) is 6.39. The van der Waals surface area contributed by atoms with Crippen molar-refractivity contribution >= 4 is 35.6 Å². The highest BCUT2D eigenvalue weighted by atomic mass is 16.4. The van der Waals surface area contributed by atoms with E-state index in [1.54, 1.807) is 0 Å². The van der Waals surface area contributed by atoms with Crippen molar-refractivity contribution in [2.75, 3.05) is 0 Å². The Morgan fingerprint density at radius 2 is 1.47 bits per heavy atom. The van der Waals surface area contributed by atoms with Crippen LogP contribution in [0.15, 0.2) is 12.5 Å². The zero-order chi connectivity index (χ0) is 25.8. The highest BCUT2D eigenvalue weighted by Crippen LogP contribution is 2.03. The highest BCUT2D eigenvalue weighted by molar-refractivity contribution is 5.94. The predicted octanol–water partition coefficient (Wildman–Crippen LogP) is -2.43. The van der Waals surface area contributed by atoms with Gasteiger partial charge in [-0.3, -0.25) is 24.0 Å². The second-order valence-corrected chi connectivity index (χ2v) is 7.44. The molecular formula is C19H28N6O9. The van der Waals surface area contributed by atoms with Crippen molar-refractivity contribution in [1.82, 2.24) is 25.9 Å². The monoisotopic (exact) mass is 484 g/mol. The van der Waals surface area contributed by atoms with Crippen LogP contribution in [-0.2, 0) is 35.2 Å². The molecule has 0 aromatic carbocycles. The van der Waals surface area contributed by atoms with Gasteiger partial charge < -0.3 is 42.0 Å². The number of hydrogen-bond donors (Lipinski definition) is 8.